The Labute approximate surface area is 158 Å². The molecular weight excluding hydrogens is 364 g/mol. The van der Waals surface area contributed by atoms with Gasteiger partial charge in [0.15, 0.2) is 9.84 Å². The average molecular weight is 384 g/mol. The Hall–Kier alpha value is -3.00. The molecule has 0 unspecified atom stereocenters. The average Bonchev–Trinajstić information content (AvgIpc) is 3.17. The van der Waals surface area contributed by atoms with Crippen molar-refractivity contribution >= 4 is 15.7 Å². The van der Waals surface area contributed by atoms with Gasteiger partial charge in [0.25, 0.3) is 0 Å². The van der Waals surface area contributed by atoms with E-state index in [1.807, 2.05) is 30.5 Å². The van der Waals surface area contributed by atoms with Gasteiger partial charge in [0.05, 0.1) is 22.9 Å². The van der Waals surface area contributed by atoms with Gasteiger partial charge in [0, 0.05) is 25.4 Å². The number of aromatic nitrogens is 3. The number of carbonyl (C=O) groups is 1. The zero-order valence-electron chi connectivity index (χ0n) is 14.7. The molecule has 0 spiro atoms. The summed E-state index contributed by atoms with van der Waals surface area (Å²) in [5.74, 6) is -0.513. The molecule has 0 bridgehead atoms. The number of benzene rings is 1. The molecule has 3 aromatic rings. The SMILES string of the molecule is O=C(CCS(=O)(=O)c1ccccc1)NCCn1ccc(-c2ccccn2)n1. The van der Waals surface area contributed by atoms with E-state index in [9.17, 15) is 13.2 Å². The second-order valence-electron chi connectivity index (χ2n) is 5.91. The molecule has 0 aliphatic carbocycles. The van der Waals surface area contributed by atoms with Gasteiger partial charge in [-0.15, -0.1) is 0 Å². The van der Waals surface area contributed by atoms with Crippen LogP contribution in [-0.2, 0) is 21.2 Å². The van der Waals surface area contributed by atoms with Crippen molar-refractivity contribution in [1.82, 2.24) is 20.1 Å². The number of sulfone groups is 1. The van der Waals surface area contributed by atoms with Gasteiger partial charge in [-0.1, -0.05) is 24.3 Å². The Morgan fingerprint density at radius 1 is 1.00 bits per heavy atom. The maximum absolute atomic E-state index is 12.2. The lowest BCUT2D eigenvalue weighted by atomic mass is 10.3. The van der Waals surface area contributed by atoms with Gasteiger partial charge < -0.3 is 5.32 Å². The number of carbonyl (C=O) groups excluding carboxylic acids is 1. The minimum Gasteiger partial charge on any atom is -0.354 e. The van der Waals surface area contributed by atoms with Crippen LogP contribution in [-0.4, -0.2) is 41.4 Å². The number of amides is 1. The van der Waals surface area contributed by atoms with Crippen molar-refractivity contribution in [3.8, 4) is 11.4 Å². The molecule has 0 fully saturated rings. The van der Waals surface area contributed by atoms with Gasteiger partial charge in [-0.2, -0.15) is 5.10 Å². The molecule has 1 N–H and O–H groups in total. The molecule has 0 aliphatic heterocycles. The van der Waals surface area contributed by atoms with Crippen LogP contribution in [0, 0.1) is 0 Å². The summed E-state index contributed by atoms with van der Waals surface area (Å²) in [6, 6.07) is 15.6. The third kappa shape index (κ3) is 5.24. The summed E-state index contributed by atoms with van der Waals surface area (Å²) in [5.41, 5.74) is 1.54. The first-order valence-electron chi connectivity index (χ1n) is 8.54. The van der Waals surface area contributed by atoms with Gasteiger partial charge in [-0.3, -0.25) is 14.5 Å². The highest BCUT2D eigenvalue weighted by atomic mass is 32.2. The molecule has 2 aromatic heterocycles. The molecule has 0 saturated carbocycles. The Bertz CT molecular complexity index is 986. The van der Waals surface area contributed by atoms with Crippen LogP contribution in [0.4, 0.5) is 0 Å². The van der Waals surface area contributed by atoms with E-state index in [2.05, 4.69) is 15.4 Å². The lowest BCUT2D eigenvalue weighted by molar-refractivity contribution is -0.120. The fourth-order valence-corrected chi connectivity index (χ4v) is 3.77. The predicted octanol–water partition coefficient (Wildman–Crippen LogP) is 1.93. The molecule has 3 rings (SSSR count). The van der Waals surface area contributed by atoms with Gasteiger partial charge in [0.2, 0.25) is 5.91 Å². The maximum Gasteiger partial charge on any atom is 0.221 e. The van der Waals surface area contributed by atoms with E-state index in [0.29, 0.717) is 13.1 Å². The molecule has 0 radical (unpaired) electrons. The fourth-order valence-electron chi connectivity index (χ4n) is 2.51. The summed E-state index contributed by atoms with van der Waals surface area (Å²) in [5, 5.41) is 7.13. The standard InChI is InChI=1S/C19H20N4O3S/c24-19(10-15-27(25,26)16-6-2-1-3-7-16)21-12-14-23-13-9-18(22-23)17-8-4-5-11-20-17/h1-9,11,13H,10,12,14-15H2,(H,21,24). The summed E-state index contributed by atoms with van der Waals surface area (Å²) in [7, 11) is -3.45. The first kappa shape index (κ1) is 18.8. The van der Waals surface area contributed by atoms with Crippen molar-refractivity contribution in [2.45, 2.75) is 17.9 Å². The van der Waals surface area contributed by atoms with Crippen LogP contribution >= 0.6 is 0 Å². The summed E-state index contributed by atoms with van der Waals surface area (Å²) in [6.45, 7) is 0.859. The second kappa shape index (κ2) is 8.59. The molecule has 1 amide bonds. The van der Waals surface area contributed by atoms with Crippen molar-refractivity contribution < 1.29 is 13.2 Å². The minimum atomic E-state index is -3.45. The van der Waals surface area contributed by atoms with Crippen LogP contribution in [0.25, 0.3) is 11.4 Å². The fraction of sp³-hybridized carbons (Fsp3) is 0.211. The smallest absolute Gasteiger partial charge is 0.221 e. The molecule has 27 heavy (non-hydrogen) atoms. The number of nitrogens with one attached hydrogen (secondary N) is 1. The highest BCUT2D eigenvalue weighted by Crippen LogP contribution is 2.13. The Balaban J connectivity index is 1.44. The van der Waals surface area contributed by atoms with Crippen molar-refractivity contribution in [3.63, 3.8) is 0 Å². The van der Waals surface area contributed by atoms with E-state index in [1.54, 1.807) is 29.1 Å². The van der Waals surface area contributed by atoms with Crippen molar-refractivity contribution in [1.29, 1.82) is 0 Å². The molecule has 1 aromatic carbocycles. The highest BCUT2D eigenvalue weighted by Gasteiger charge is 2.15. The third-order valence-electron chi connectivity index (χ3n) is 3.93. The lowest BCUT2D eigenvalue weighted by Gasteiger charge is -2.06. The van der Waals surface area contributed by atoms with Crippen LogP contribution in [0.15, 0.2) is 71.9 Å². The molecule has 140 valence electrons. The molecule has 7 nitrogen and oxygen atoms in total. The molecule has 8 heteroatoms. The van der Waals surface area contributed by atoms with Crippen LogP contribution in [0.1, 0.15) is 6.42 Å². The maximum atomic E-state index is 12.2. The monoisotopic (exact) mass is 384 g/mol. The molecule has 0 saturated heterocycles. The van der Waals surface area contributed by atoms with Crippen molar-refractivity contribution in [2.75, 3.05) is 12.3 Å². The topological polar surface area (TPSA) is 94.0 Å². The quantitative estimate of drug-likeness (QED) is 0.640. The number of rotatable bonds is 8. The second-order valence-corrected chi connectivity index (χ2v) is 8.02. The zero-order valence-corrected chi connectivity index (χ0v) is 15.5. The predicted molar refractivity (Wildman–Crippen MR) is 102 cm³/mol. The number of hydrogen-bond acceptors (Lipinski definition) is 5. The van der Waals surface area contributed by atoms with Crippen molar-refractivity contribution in [2.24, 2.45) is 0 Å². The van der Waals surface area contributed by atoms with Crippen LogP contribution in [0.2, 0.25) is 0 Å². The molecular formula is C19H20N4O3S. The van der Waals surface area contributed by atoms with Crippen LogP contribution in [0.3, 0.4) is 0 Å². The normalized spacial score (nSPS) is 11.3. The Morgan fingerprint density at radius 3 is 2.52 bits per heavy atom. The minimum absolute atomic E-state index is 0.0739. The van der Waals surface area contributed by atoms with Gasteiger partial charge in [-0.05, 0) is 30.3 Å². The highest BCUT2D eigenvalue weighted by molar-refractivity contribution is 7.91. The third-order valence-corrected chi connectivity index (χ3v) is 5.66. The van der Waals surface area contributed by atoms with Crippen LogP contribution < -0.4 is 5.32 Å². The van der Waals surface area contributed by atoms with E-state index in [0.717, 1.165) is 11.4 Å². The van der Waals surface area contributed by atoms with Gasteiger partial charge in [-0.25, -0.2) is 8.42 Å². The first-order chi connectivity index (χ1) is 13.0. The summed E-state index contributed by atoms with van der Waals surface area (Å²) in [6.07, 6.45) is 3.45. The van der Waals surface area contributed by atoms with E-state index in [4.69, 9.17) is 0 Å². The van der Waals surface area contributed by atoms with E-state index in [1.165, 1.54) is 12.1 Å². The Kier molecular flexibility index (Phi) is 5.97. The zero-order chi connectivity index (χ0) is 19.1. The molecule has 0 aliphatic rings. The number of nitrogens with zero attached hydrogens (tertiary/aromatic N) is 3. The van der Waals surface area contributed by atoms with Gasteiger partial charge >= 0.3 is 0 Å². The van der Waals surface area contributed by atoms with E-state index in [-0.39, 0.29) is 23.0 Å². The lowest BCUT2D eigenvalue weighted by Crippen LogP contribution is -2.29. The van der Waals surface area contributed by atoms with Gasteiger partial charge in [0.1, 0.15) is 5.69 Å². The van der Waals surface area contributed by atoms with E-state index < -0.39 is 9.84 Å². The molecule has 2 heterocycles. The largest absolute Gasteiger partial charge is 0.354 e. The van der Waals surface area contributed by atoms with Crippen LogP contribution in [0.5, 0.6) is 0 Å². The molecule has 0 atom stereocenters. The number of pyridine rings is 1. The number of hydrogen-bond donors (Lipinski definition) is 1. The van der Waals surface area contributed by atoms with E-state index >= 15 is 0 Å². The Morgan fingerprint density at radius 2 is 1.78 bits per heavy atom. The summed E-state index contributed by atoms with van der Waals surface area (Å²) >= 11 is 0. The first-order valence-corrected chi connectivity index (χ1v) is 10.2. The van der Waals surface area contributed by atoms with Crippen molar-refractivity contribution in [3.05, 3.63) is 67.0 Å². The summed E-state index contributed by atoms with van der Waals surface area (Å²) in [4.78, 5) is 16.4. The summed E-state index contributed by atoms with van der Waals surface area (Å²) < 4.78 is 26.1.